The predicted octanol–water partition coefficient (Wildman–Crippen LogP) is 3.01. The Morgan fingerprint density at radius 1 is 1.23 bits per heavy atom. The molecule has 2 aliphatic heterocycles. The summed E-state index contributed by atoms with van der Waals surface area (Å²) >= 11 is 0. The summed E-state index contributed by atoms with van der Waals surface area (Å²) in [6, 6.07) is 2.32. The minimum Gasteiger partial charge on any atom is -0.444 e. The van der Waals surface area contributed by atoms with Crippen LogP contribution in [-0.2, 0) is 10.9 Å². The Labute approximate surface area is 196 Å². The van der Waals surface area contributed by atoms with E-state index in [0.717, 1.165) is 6.07 Å². The van der Waals surface area contributed by atoms with E-state index < -0.39 is 17.3 Å². The van der Waals surface area contributed by atoms with Crippen LogP contribution in [0.15, 0.2) is 23.3 Å². The van der Waals surface area contributed by atoms with E-state index in [1.165, 1.54) is 12.3 Å². The van der Waals surface area contributed by atoms with Crippen LogP contribution in [0, 0.1) is 0 Å². The third kappa shape index (κ3) is 6.74. The van der Waals surface area contributed by atoms with Crippen LogP contribution < -0.4 is 10.6 Å². The molecule has 2 N–H and O–H groups in total. The molecule has 0 aromatic carbocycles. The number of nitrogens with zero attached hydrogens (tertiary/aromatic N) is 4. The van der Waals surface area contributed by atoms with Crippen molar-refractivity contribution in [3.63, 3.8) is 0 Å². The maximum atomic E-state index is 13.0. The fraction of sp³-hybridized carbons (Fsp3) is 0.632. The Morgan fingerprint density at radius 3 is 2.61 bits per heavy atom. The molecule has 1 unspecified atom stereocenters. The van der Waals surface area contributed by atoms with Gasteiger partial charge in [-0.25, -0.2) is 9.78 Å². The Bertz CT molecular complexity index is 800. The molecule has 31 heavy (non-hydrogen) atoms. The van der Waals surface area contributed by atoms with Gasteiger partial charge in [-0.1, -0.05) is 0 Å². The first-order valence-electron chi connectivity index (χ1n) is 9.83. The molecular weight excluding hydrogens is 528 g/mol. The van der Waals surface area contributed by atoms with E-state index in [0.29, 0.717) is 38.7 Å². The van der Waals surface area contributed by atoms with Gasteiger partial charge in [0.25, 0.3) is 0 Å². The van der Waals surface area contributed by atoms with Crippen molar-refractivity contribution in [3.05, 3.63) is 23.9 Å². The summed E-state index contributed by atoms with van der Waals surface area (Å²) in [5.41, 5.74) is -1.33. The first-order chi connectivity index (χ1) is 14.0. The number of rotatable bonds is 4. The van der Waals surface area contributed by atoms with E-state index in [9.17, 15) is 18.0 Å². The van der Waals surface area contributed by atoms with Gasteiger partial charge in [0.05, 0.1) is 18.2 Å². The van der Waals surface area contributed by atoms with Gasteiger partial charge in [0.15, 0.2) is 5.96 Å². The number of hydrogen-bond acceptors (Lipinski definition) is 7. The van der Waals surface area contributed by atoms with E-state index in [-0.39, 0.29) is 48.5 Å². The number of carbonyl (C=O) groups is 1. The fourth-order valence-corrected chi connectivity index (χ4v) is 3.35. The van der Waals surface area contributed by atoms with Crippen molar-refractivity contribution >= 4 is 41.8 Å². The van der Waals surface area contributed by atoms with Gasteiger partial charge in [0.2, 0.25) is 0 Å². The number of amides is 1. The van der Waals surface area contributed by atoms with Gasteiger partial charge >= 0.3 is 12.3 Å². The number of carbonyl (C=O) groups excluding carboxylic acids is 1. The minimum absolute atomic E-state index is 0. The normalized spacial score (nSPS) is 18.6. The second-order valence-electron chi connectivity index (χ2n) is 8.19. The van der Waals surface area contributed by atoms with E-state index >= 15 is 0 Å². The number of guanidine groups is 1. The van der Waals surface area contributed by atoms with Gasteiger partial charge in [-0.2, -0.15) is 13.2 Å². The summed E-state index contributed by atoms with van der Waals surface area (Å²) in [6.07, 6.45) is -3.47. The van der Waals surface area contributed by atoms with Gasteiger partial charge in [-0.15, -0.1) is 24.0 Å². The monoisotopic (exact) mass is 556 g/mol. The van der Waals surface area contributed by atoms with Crippen molar-refractivity contribution in [1.82, 2.24) is 20.1 Å². The van der Waals surface area contributed by atoms with Crippen LogP contribution in [0.25, 0.3) is 0 Å². The topological polar surface area (TPSA) is 82.1 Å². The van der Waals surface area contributed by atoms with Gasteiger partial charge < -0.3 is 25.2 Å². The molecule has 0 saturated carbocycles. The molecule has 1 saturated heterocycles. The molecule has 1 aromatic heterocycles. The van der Waals surface area contributed by atoms with Crippen molar-refractivity contribution in [2.45, 2.75) is 38.6 Å². The maximum absolute atomic E-state index is 13.0. The minimum atomic E-state index is -4.46. The Balaban J connectivity index is 0.00000341. The van der Waals surface area contributed by atoms with Crippen LogP contribution >= 0.6 is 24.0 Å². The van der Waals surface area contributed by atoms with Crippen molar-refractivity contribution in [3.8, 4) is 0 Å². The standard InChI is InChI=1S/C19H27F3N6O2.HI/c1-18(2,3)30-17(29)27-9-10-28-13(12-27)11-26-16(28)25-8-7-24-15-14(19(20,21)22)5-4-6-23-15;/h4-6,13H,7-12H2,1-3H3,(H,23,24)(H,25,26);1H. The van der Waals surface area contributed by atoms with Gasteiger partial charge in [0.1, 0.15) is 11.4 Å². The maximum Gasteiger partial charge on any atom is 0.419 e. The van der Waals surface area contributed by atoms with E-state index in [4.69, 9.17) is 4.74 Å². The fourth-order valence-electron chi connectivity index (χ4n) is 3.35. The summed E-state index contributed by atoms with van der Waals surface area (Å²) in [4.78, 5) is 24.3. The van der Waals surface area contributed by atoms with E-state index in [1.807, 2.05) is 20.8 Å². The molecule has 3 rings (SSSR count). The van der Waals surface area contributed by atoms with Gasteiger partial charge in [0, 0.05) is 38.9 Å². The molecule has 0 spiro atoms. The molecule has 0 bridgehead atoms. The van der Waals surface area contributed by atoms with E-state index in [1.54, 1.807) is 4.90 Å². The molecule has 174 valence electrons. The van der Waals surface area contributed by atoms with Crippen LogP contribution in [0.5, 0.6) is 0 Å². The van der Waals surface area contributed by atoms with Crippen molar-refractivity contribution in [2.24, 2.45) is 4.99 Å². The zero-order valence-corrected chi connectivity index (χ0v) is 20.0. The van der Waals surface area contributed by atoms with E-state index in [2.05, 4.69) is 25.5 Å². The number of hydrogen-bond donors (Lipinski definition) is 2. The smallest absolute Gasteiger partial charge is 0.419 e. The highest BCUT2D eigenvalue weighted by molar-refractivity contribution is 14.0. The summed E-state index contributed by atoms with van der Waals surface area (Å²) in [7, 11) is 0. The van der Waals surface area contributed by atoms with Crippen LogP contribution in [-0.4, -0.2) is 77.7 Å². The first-order valence-corrected chi connectivity index (χ1v) is 9.83. The molecule has 1 aromatic rings. The molecule has 2 aliphatic rings. The SMILES string of the molecule is CC(C)(C)OC(=O)N1CCN2C(NCCNc3ncccc3C(F)(F)F)=NCC2C1.I. The molecule has 8 nitrogen and oxygen atoms in total. The number of nitrogens with one attached hydrogen (secondary N) is 2. The lowest BCUT2D eigenvalue weighted by molar-refractivity contribution is -0.137. The Morgan fingerprint density at radius 2 is 1.94 bits per heavy atom. The highest BCUT2D eigenvalue weighted by Gasteiger charge is 2.36. The summed E-state index contributed by atoms with van der Waals surface area (Å²) in [5, 5.41) is 5.88. The van der Waals surface area contributed by atoms with Crippen LogP contribution in [0.1, 0.15) is 26.3 Å². The lowest BCUT2D eigenvalue weighted by atomic mass is 10.2. The third-order valence-corrected chi connectivity index (χ3v) is 4.67. The summed E-state index contributed by atoms with van der Waals surface area (Å²) in [6.45, 7) is 8.33. The Hall–Kier alpha value is -1.99. The van der Waals surface area contributed by atoms with Crippen molar-refractivity contribution in [1.29, 1.82) is 0 Å². The van der Waals surface area contributed by atoms with Gasteiger partial charge in [-0.3, -0.25) is 4.99 Å². The van der Waals surface area contributed by atoms with Crippen molar-refractivity contribution in [2.75, 3.05) is 44.6 Å². The number of piperazine rings is 1. The number of ether oxygens (including phenoxy) is 1. The zero-order valence-electron chi connectivity index (χ0n) is 17.7. The molecule has 1 amide bonds. The highest BCUT2D eigenvalue weighted by atomic mass is 127. The average Bonchev–Trinajstić information content (AvgIpc) is 3.05. The average molecular weight is 556 g/mol. The van der Waals surface area contributed by atoms with Crippen molar-refractivity contribution < 1.29 is 22.7 Å². The van der Waals surface area contributed by atoms with Gasteiger partial charge in [-0.05, 0) is 32.9 Å². The van der Waals surface area contributed by atoms with Crippen LogP contribution in [0.3, 0.4) is 0 Å². The third-order valence-electron chi connectivity index (χ3n) is 4.67. The molecule has 1 atom stereocenters. The molecule has 1 fully saturated rings. The van der Waals surface area contributed by atoms with Crippen LogP contribution in [0.4, 0.5) is 23.8 Å². The predicted molar refractivity (Wildman–Crippen MR) is 122 cm³/mol. The van der Waals surface area contributed by atoms with Crippen LogP contribution in [0.2, 0.25) is 0 Å². The number of alkyl halides is 3. The Kier molecular flexibility index (Phi) is 8.22. The zero-order chi connectivity index (χ0) is 21.9. The first kappa shape index (κ1) is 25.3. The number of pyridine rings is 1. The molecular formula is C19H28F3IN6O2. The molecule has 0 radical (unpaired) electrons. The highest BCUT2D eigenvalue weighted by Crippen LogP contribution is 2.33. The number of halogens is 4. The molecule has 12 heteroatoms. The number of fused-ring (bicyclic) bond motifs is 1. The lowest BCUT2D eigenvalue weighted by Gasteiger charge is -2.39. The summed E-state index contributed by atoms with van der Waals surface area (Å²) < 4.78 is 44.5. The molecule has 0 aliphatic carbocycles. The second-order valence-corrected chi connectivity index (χ2v) is 8.19. The number of aromatic nitrogens is 1. The number of aliphatic imine (C=N–C) groups is 1. The molecule has 3 heterocycles. The largest absolute Gasteiger partial charge is 0.444 e. The summed E-state index contributed by atoms with van der Waals surface area (Å²) in [5.74, 6) is 0.506. The number of anilines is 1. The lowest BCUT2D eigenvalue weighted by Crippen LogP contribution is -2.57. The second kappa shape index (κ2) is 10.1. The quantitative estimate of drug-likeness (QED) is 0.439.